The average Bonchev–Trinajstić information content (AvgIpc) is 2.32. The minimum absolute atomic E-state index is 0.0292. The van der Waals surface area contributed by atoms with Crippen LogP contribution in [0.15, 0.2) is 0 Å². The molecule has 0 saturated carbocycles. The van der Waals surface area contributed by atoms with E-state index >= 15 is 0 Å². The van der Waals surface area contributed by atoms with Crippen LogP contribution in [0.3, 0.4) is 0 Å². The second-order valence-electron chi connectivity index (χ2n) is 4.90. The number of likely N-dealkylation sites (N-methyl/N-ethyl adjacent to an activating group) is 1. The standard InChI is InChI=1S/C13H27N3O2/c1-6-11(4)15-12(17)7-8-14-9-13(18)16(5)10(2)3/h10-11,14H,6-9H2,1-5H3,(H,15,17). The minimum Gasteiger partial charge on any atom is -0.354 e. The zero-order valence-electron chi connectivity index (χ0n) is 12.2. The van der Waals surface area contributed by atoms with Crippen LogP contribution in [0.1, 0.15) is 40.5 Å². The third kappa shape index (κ3) is 7.27. The van der Waals surface area contributed by atoms with Crippen LogP contribution in [0.5, 0.6) is 0 Å². The molecule has 0 fully saturated rings. The molecule has 0 aromatic carbocycles. The molecule has 0 aliphatic heterocycles. The van der Waals surface area contributed by atoms with Crippen LogP contribution in [0.2, 0.25) is 0 Å². The summed E-state index contributed by atoms with van der Waals surface area (Å²) in [5.41, 5.74) is 0. The molecule has 1 atom stereocenters. The van der Waals surface area contributed by atoms with Crippen molar-refractivity contribution < 1.29 is 9.59 Å². The lowest BCUT2D eigenvalue weighted by Gasteiger charge is -2.21. The molecular weight excluding hydrogens is 230 g/mol. The smallest absolute Gasteiger partial charge is 0.236 e. The van der Waals surface area contributed by atoms with E-state index in [0.29, 0.717) is 13.0 Å². The Kier molecular flexibility index (Phi) is 8.37. The zero-order valence-corrected chi connectivity index (χ0v) is 12.2. The molecule has 0 rings (SSSR count). The first-order valence-corrected chi connectivity index (χ1v) is 6.64. The van der Waals surface area contributed by atoms with E-state index in [1.165, 1.54) is 0 Å². The highest BCUT2D eigenvalue weighted by Crippen LogP contribution is 1.93. The molecule has 0 saturated heterocycles. The normalized spacial score (nSPS) is 12.3. The van der Waals surface area contributed by atoms with E-state index in [1.807, 2.05) is 27.7 Å². The molecule has 2 amide bonds. The van der Waals surface area contributed by atoms with Gasteiger partial charge in [0, 0.05) is 32.1 Å². The number of hydrogen-bond donors (Lipinski definition) is 2. The molecule has 1 unspecified atom stereocenters. The Hall–Kier alpha value is -1.10. The molecule has 5 nitrogen and oxygen atoms in total. The summed E-state index contributed by atoms with van der Waals surface area (Å²) in [5.74, 6) is 0.0776. The fourth-order valence-electron chi connectivity index (χ4n) is 1.26. The van der Waals surface area contributed by atoms with Crippen molar-refractivity contribution >= 4 is 11.8 Å². The monoisotopic (exact) mass is 257 g/mol. The van der Waals surface area contributed by atoms with Gasteiger partial charge in [-0.3, -0.25) is 9.59 Å². The molecule has 0 radical (unpaired) electrons. The Morgan fingerprint density at radius 3 is 2.33 bits per heavy atom. The average molecular weight is 257 g/mol. The summed E-state index contributed by atoms with van der Waals surface area (Å²) in [4.78, 5) is 24.8. The van der Waals surface area contributed by atoms with Gasteiger partial charge in [-0.05, 0) is 27.2 Å². The Bertz CT molecular complexity index is 267. The summed E-state index contributed by atoms with van der Waals surface area (Å²) in [7, 11) is 1.78. The topological polar surface area (TPSA) is 61.4 Å². The lowest BCUT2D eigenvalue weighted by Crippen LogP contribution is -2.40. The molecule has 0 aliphatic carbocycles. The van der Waals surface area contributed by atoms with Gasteiger partial charge in [0.05, 0.1) is 6.54 Å². The maximum Gasteiger partial charge on any atom is 0.236 e. The Labute approximate surface area is 110 Å². The van der Waals surface area contributed by atoms with Crippen molar-refractivity contribution in [2.24, 2.45) is 0 Å². The Morgan fingerprint density at radius 2 is 1.83 bits per heavy atom. The molecule has 0 aromatic rings. The number of amides is 2. The van der Waals surface area contributed by atoms with Gasteiger partial charge in [-0.25, -0.2) is 0 Å². The number of rotatable bonds is 8. The van der Waals surface area contributed by atoms with Crippen LogP contribution in [-0.2, 0) is 9.59 Å². The maximum absolute atomic E-state index is 11.6. The minimum atomic E-state index is 0.0292. The first-order chi connectivity index (χ1) is 8.38. The number of nitrogens with zero attached hydrogens (tertiary/aromatic N) is 1. The van der Waals surface area contributed by atoms with Crippen molar-refractivity contribution in [2.45, 2.75) is 52.6 Å². The van der Waals surface area contributed by atoms with Crippen LogP contribution in [-0.4, -0.2) is 48.9 Å². The third-order valence-corrected chi connectivity index (χ3v) is 2.99. The van der Waals surface area contributed by atoms with E-state index in [-0.39, 0.29) is 30.4 Å². The van der Waals surface area contributed by atoms with Crippen LogP contribution in [0.25, 0.3) is 0 Å². The van der Waals surface area contributed by atoms with Gasteiger partial charge < -0.3 is 15.5 Å². The van der Waals surface area contributed by atoms with E-state index < -0.39 is 0 Å². The fraction of sp³-hybridized carbons (Fsp3) is 0.846. The number of nitrogens with one attached hydrogen (secondary N) is 2. The molecule has 5 heteroatoms. The highest BCUT2D eigenvalue weighted by molar-refractivity contribution is 5.78. The first kappa shape index (κ1) is 16.9. The first-order valence-electron chi connectivity index (χ1n) is 6.64. The van der Waals surface area contributed by atoms with Crippen molar-refractivity contribution in [1.29, 1.82) is 0 Å². The Morgan fingerprint density at radius 1 is 1.22 bits per heavy atom. The summed E-state index contributed by atoms with van der Waals surface area (Å²) < 4.78 is 0. The number of carbonyl (C=O) groups is 2. The van der Waals surface area contributed by atoms with Crippen molar-refractivity contribution in [3.05, 3.63) is 0 Å². The summed E-state index contributed by atoms with van der Waals surface area (Å²) in [5, 5.41) is 5.88. The van der Waals surface area contributed by atoms with Crippen molar-refractivity contribution in [3.63, 3.8) is 0 Å². The summed E-state index contributed by atoms with van der Waals surface area (Å²) in [6.07, 6.45) is 1.33. The van der Waals surface area contributed by atoms with E-state index in [2.05, 4.69) is 10.6 Å². The molecule has 0 aromatic heterocycles. The zero-order chi connectivity index (χ0) is 14.1. The van der Waals surface area contributed by atoms with Gasteiger partial charge in [-0.2, -0.15) is 0 Å². The summed E-state index contributed by atoms with van der Waals surface area (Å²) >= 11 is 0. The highest BCUT2D eigenvalue weighted by atomic mass is 16.2. The van der Waals surface area contributed by atoms with Crippen molar-refractivity contribution in [1.82, 2.24) is 15.5 Å². The lowest BCUT2D eigenvalue weighted by atomic mass is 10.2. The van der Waals surface area contributed by atoms with Crippen LogP contribution >= 0.6 is 0 Å². The molecule has 0 aliphatic rings. The predicted octanol–water partition coefficient (Wildman–Crippen LogP) is 0.748. The Balaban J connectivity index is 3.68. The van der Waals surface area contributed by atoms with E-state index in [1.54, 1.807) is 11.9 Å². The molecule has 2 N–H and O–H groups in total. The molecule has 18 heavy (non-hydrogen) atoms. The quantitative estimate of drug-likeness (QED) is 0.631. The fourth-order valence-corrected chi connectivity index (χ4v) is 1.26. The van der Waals surface area contributed by atoms with Crippen LogP contribution in [0, 0.1) is 0 Å². The molecule has 0 bridgehead atoms. The second kappa shape index (κ2) is 8.91. The van der Waals surface area contributed by atoms with Gasteiger partial charge in [0.25, 0.3) is 0 Å². The van der Waals surface area contributed by atoms with Gasteiger partial charge in [-0.15, -0.1) is 0 Å². The van der Waals surface area contributed by atoms with E-state index in [4.69, 9.17) is 0 Å². The predicted molar refractivity (Wildman–Crippen MR) is 73.3 cm³/mol. The van der Waals surface area contributed by atoms with Crippen molar-refractivity contribution in [3.8, 4) is 0 Å². The largest absolute Gasteiger partial charge is 0.354 e. The van der Waals surface area contributed by atoms with E-state index in [0.717, 1.165) is 6.42 Å². The molecule has 0 heterocycles. The molecular formula is C13H27N3O2. The van der Waals surface area contributed by atoms with Gasteiger partial charge in [0.1, 0.15) is 0 Å². The van der Waals surface area contributed by atoms with Gasteiger partial charge in [0.15, 0.2) is 0 Å². The third-order valence-electron chi connectivity index (χ3n) is 2.99. The lowest BCUT2D eigenvalue weighted by molar-refractivity contribution is -0.130. The van der Waals surface area contributed by atoms with Gasteiger partial charge in [0.2, 0.25) is 11.8 Å². The van der Waals surface area contributed by atoms with Crippen molar-refractivity contribution in [2.75, 3.05) is 20.1 Å². The summed E-state index contributed by atoms with van der Waals surface area (Å²) in [6, 6.07) is 0.416. The molecule has 106 valence electrons. The second-order valence-corrected chi connectivity index (χ2v) is 4.90. The summed E-state index contributed by atoms with van der Waals surface area (Å²) in [6.45, 7) is 8.76. The molecule has 0 spiro atoms. The number of carbonyl (C=O) groups excluding carboxylic acids is 2. The van der Waals surface area contributed by atoms with Gasteiger partial charge in [-0.1, -0.05) is 6.92 Å². The SMILES string of the molecule is CCC(C)NC(=O)CCNCC(=O)N(C)C(C)C. The number of hydrogen-bond acceptors (Lipinski definition) is 3. The van der Waals surface area contributed by atoms with Crippen LogP contribution < -0.4 is 10.6 Å². The maximum atomic E-state index is 11.6. The van der Waals surface area contributed by atoms with Gasteiger partial charge >= 0.3 is 0 Å². The van der Waals surface area contributed by atoms with E-state index in [9.17, 15) is 9.59 Å². The van der Waals surface area contributed by atoms with Crippen LogP contribution in [0.4, 0.5) is 0 Å². The highest BCUT2D eigenvalue weighted by Gasteiger charge is 2.11.